The van der Waals surface area contributed by atoms with Crippen molar-refractivity contribution in [3.05, 3.63) is 22.2 Å². The van der Waals surface area contributed by atoms with Crippen molar-refractivity contribution in [1.29, 1.82) is 0 Å². The Hall–Kier alpha value is -0.680. The van der Waals surface area contributed by atoms with Gasteiger partial charge in [0.15, 0.2) is 0 Å². The zero-order valence-electron chi connectivity index (χ0n) is 11.2. The molecule has 2 fully saturated rings. The second-order valence-corrected chi connectivity index (χ2v) is 6.30. The standard InChI is InChI=1S/C14H19Cl2N3O/c15-11-4-13(17)14(5-12(11)16)18-6-10-7-19-3-1-2-9(19)8-20-10/h4-5,9-10,18H,1-3,6-8,17H2. The predicted octanol–water partition coefficient (Wildman–Crippen LogP) is 2.85. The van der Waals surface area contributed by atoms with Gasteiger partial charge >= 0.3 is 0 Å². The average molecular weight is 316 g/mol. The summed E-state index contributed by atoms with van der Waals surface area (Å²) in [4.78, 5) is 2.52. The third kappa shape index (κ3) is 2.98. The Morgan fingerprint density at radius 1 is 1.35 bits per heavy atom. The van der Waals surface area contributed by atoms with Gasteiger partial charge in [-0.3, -0.25) is 4.90 Å². The topological polar surface area (TPSA) is 50.5 Å². The van der Waals surface area contributed by atoms with Gasteiger partial charge in [0.2, 0.25) is 0 Å². The molecule has 0 saturated carbocycles. The lowest BCUT2D eigenvalue weighted by Crippen LogP contribution is -2.48. The minimum Gasteiger partial charge on any atom is -0.397 e. The molecule has 6 heteroatoms. The lowest BCUT2D eigenvalue weighted by Gasteiger charge is -2.35. The summed E-state index contributed by atoms with van der Waals surface area (Å²) >= 11 is 11.9. The van der Waals surface area contributed by atoms with Crippen LogP contribution in [0.3, 0.4) is 0 Å². The molecule has 2 unspecified atom stereocenters. The lowest BCUT2D eigenvalue weighted by atomic mass is 10.2. The van der Waals surface area contributed by atoms with Gasteiger partial charge in [-0.25, -0.2) is 0 Å². The van der Waals surface area contributed by atoms with Gasteiger partial charge in [0.05, 0.1) is 34.1 Å². The van der Waals surface area contributed by atoms with Gasteiger partial charge in [-0.05, 0) is 31.5 Å². The molecule has 0 spiro atoms. The predicted molar refractivity (Wildman–Crippen MR) is 83.7 cm³/mol. The molecule has 2 aliphatic rings. The van der Waals surface area contributed by atoms with Crippen LogP contribution < -0.4 is 11.1 Å². The molecule has 2 saturated heterocycles. The van der Waals surface area contributed by atoms with E-state index in [2.05, 4.69) is 10.2 Å². The zero-order valence-corrected chi connectivity index (χ0v) is 12.8. The summed E-state index contributed by atoms with van der Waals surface area (Å²) in [5, 5.41) is 4.29. The van der Waals surface area contributed by atoms with E-state index in [1.807, 2.05) is 0 Å². The van der Waals surface area contributed by atoms with Crippen molar-refractivity contribution in [1.82, 2.24) is 4.90 Å². The first-order valence-electron chi connectivity index (χ1n) is 6.97. The Kier molecular flexibility index (Phi) is 4.26. The highest BCUT2D eigenvalue weighted by Crippen LogP contribution is 2.31. The fraction of sp³-hybridized carbons (Fsp3) is 0.571. The van der Waals surface area contributed by atoms with Crippen molar-refractivity contribution in [3.8, 4) is 0 Å². The maximum atomic E-state index is 6.01. The van der Waals surface area contributed by atoms with Crippen LogP contribution in [0.25, 0.3) is 0 Å². The Bertz CT molecular complexity index is 498. The second-order valence-electron chi connectivity index (χ2n) is 5.48. The van der Waals surface area contributed by atoms with Crippen LogP contribution in [0.1, 0.15) is 12.8 Å². The number of nitrogens with two attached hydrogens (primary N) is 1. The summed E-state index contributed by atoms with van der Waals surface area (Å²) in [7, 11) is 0. The Balaban J connectivity index is 1.58. The maximum Gasteiger partial charge on any atom is 0.0874 e. The van der Waals surface area contributed by atoms with E-state index in [9.17, 15) is 0 Å². The third-order valence-electron chi connectivity index (χ3n) is 4.07. The largest absolute Gasteiger partial charge is 0.397 e. The fourth-order valence-corrected chi connectivity index (χ4v) is 3.28. The van der Waals surface area contributed by atoms with E-state index < -0.39 is 0 Å². The van der Waals surface area contributed by atoms with Gasteiger partial charge in [0.25, 0.3) is 0 Å². The molecular formula is C14H19Cl2N3O. The number of hydrogen-bond donors (Lipinski definition) is 2. The molecule has 4 nitrogen and oxygen atoms in total. The van der Waals surface area contributed by atoms with Crippen molar-refractivity contribution < 1.29 is 4.74 Å². The van der Waals surface area contributed by atoms with Gasteiger partial charge < -0.3 is 15.8 Å². The molecule has 0 radical (unpaired) electrons. The molecule has 20 heavy (non-hydrogen) atoms. The molecule has 3 N–H and O–H groups in total. The van der Waals surface area contributed by atoms with Crippen LogP contribution in [0.4, 0.5) is 11.4 Å². The molecule has 2 heterocycles. The monoisotopic (exact) mass is 315 g/mol. The first kappa shape index (κ1) is 14.3. The third-order valence-corrected chi connectivity index (χ3v) is 4.80. The summed E-state index contributed by atoms with van der Waals surface area (Å²) in [6, 6.07) is 4.06. The van der Waals surface area contributed by atoms with Crippen molar-refractivity contribution in [3.63, 3.8) is 0 Å². The molecule has 0 aliphatic carbocycles. The van der Waals surface area contributed by atoms with Gasteiger partial charge in [0, 0.05) is 19.1 Å². The smallest absolute Gasteiger partial charge is 0.0874 e. The van der Waals surface area contributed by atoms with Crippen molar-refractivity contribution in [2.24, 2.45) is 0 Å². The van der Waals surface area contributed by atoms with E-state index in [0.29, 0.717) is 21.8 Å². The molecule has 1 aromatic carbocycles. The Labute approximate surface area is 129 Å². The first-order valence-corrected chi connectivity index (χ1v) is 7.73. The fourth-order valence-electron chi connectivity index (χ4n) is 2.95. The SMILES string of the molecule is Nc1cc(Cl)c(Cl)cc1NCC1CN2CCCC2CO1. The number of benzene rings is 1. The van der Waals surface area contributed by atoms with Crippen LogP contribution in [0.15, 0.2) is 12.1 Å². The molecule has 110 valence electrons. The van der Waals surface area contributed by atoms with E-state index in [1.54, 1.807) is 12.1 Å². The number of rotatable bonds is 3. The minimum atomic E-state index is 0.193. The highest BCUT2D eigenvalue weighted by Gasteiger charge is 2.31. The molecular weight excluding hydrogens is 297 g/mol. The first-order chi connectivity index (χ1) is 9.63. The van der Waals surface area contributed by atoms with E-state index in [-0.39, 0.29) is 6.10 Å². The van der Waals surface area contributed by atoms with Crippen molar-refractivity contribution in [2.75, 3.05) is 37.3 Å². The van der Waals surface area contributed by atoms with Crippen LogP contribution >= 0.6 is 23.2 Å². The zero-order chi connectivity index (χ0) is 14.1. The van der Waals surface area contributed by atoms with Crippen LogP contribution in [0.5, 0.6) is 0 Å². The molecule has 0 bridgehead atoms. The van der Waals surface area contributed by atoms with E-state index in [0.717, 1.165) is 25.4 Å². The summed E-state index contributed by atoms with van der Waals surface area (Å²) in [6.45, 7) is 3.74. The summed E-state index contributed by atoms with van der Waals surface area (Å²) in [6.07, 6.45) is 2.74. The van der Waals surface area contributed by atoms with Gasteiger partial charge in [0.1, 0.15) is 0 Å². The van der Waals surface area contributed by atoms with E-state index in [4.69, 9.17) is 33.7 Å². The van der Waals surface area contributed by atoms with Gasteiger partial charge in [-0.15, -0.1) is 0 Å². The van der Waals surface area contributed by atoms with E-state index >= 15 is 0 Å². The number of nitrogens with one attached hydrogen (secondary N) is 1. The van der Waals surface area contributed by atoms with Crippen molar-refractivity contribution >= 4 is 34.6 Å². The normalized spacial score (nSPS) is 26.5. The van der Waals surface area contributed by atoms with Crippen LogP contribution in [0, 0.1) is 0 Å². The summed E-state index contributed by atoms with van der Waals surface area (Å²) in [5.74, 6) is 0. The number of hydrogen-bond acceptors (Lipinski definition) is 4. The molecule has 2 aliphatic heterocycles. The Morgan fingerprint density at radius 3 is 3.00 bits per heavy atom. The summed E-state index contributed by atoms with van der Waals surface area (Å²) in [5.41, 5.74) is 7.35. The molecule has 0 aromatic heterocycles. The number of anilines is 2. The number of morpholine rings is 1. The Morgan fingerprint density at radius 2 is 2.15 bits per heavy atom. The van der Waals surface area contributed by atoms with E-state index in [1.165, 1.54) is 19.4 Å². The van der Waals surface area contributed by atoms with Gasteiger partial charge in [-0.2, -0.15) is 0 Å². The second kappa shape index (κ2) is 5.98. The quantitative estimate of drug-likeness (QED) is 0.842. The highest BCUT2D eigenvalue weighted by atomic mass is 35.5. The van der Waals surface area contributed by atoms with Crippen LogP contribution in [0.2, 0.25) is 10.0 Å². The number of halogens is 2. The lowest BCUT2D eigenvalue weighted by molar-refractivity contribution is -0.0415. The molecule has 1 aromatic rings. The van der Waals surface area contributed by atoms with Crippen molar-refractivity contribution in [2.45, 2.75) is 25.0 Å². The van der Waals surface area contributed by atoms with Crippen LogP contribution in [-0.2, 0) is 4.74 Å². The van der Waals surface area contributed by atoms with Crippen LogP contribution in [-0.4, -0.2) is 43.3 Å². The minimum absolute atomic E-state index is 0.193. The molecule has 2 atom stereocenters. The molecule has 0 amide bonds. The number of nitrogen functional groups attached to an aromatic ring is 1. The number of nitrogens with zero attached hydrogens (tertiary/aromatic N) is 1. The van der Waals surface area contributed by atoms with Gasteiger partial charge in [-0.1, -0.05) is 23.2 Å². The summed E-state index contributed by atoms with van der Waals surface area (Å²) < 4.78 is 5.90. The maximum absolute atomic E-state index is 6.01. The number of ether oxygens (including phenoxy) is 1. The molecule has 3 rings (SSSR count). The number of fused-ring (bicyclic) bond motifs is 1. The average Bonchev–Trinajstić information content (AvgIpc) is 2.89. The highest BCUT2D eigenvalue weighted by molar-refractivity contribution is 6.42.